The monoisotopic (exact) mass is 1100 g/mol. The van der Waals surface area contributed by atoms with Gasteiger partial charge in [0.2, 0.25) is 0 Å². The SMILES string of the molecule is CC/C=C\C/C=C\C/C=C\C/C=C\C/C=C\CCCCCCCCCCCCCCCC(=O)OCC(COC(=O)CCCC/C=C\C/C=C\C/C=C\C/C=C\CC)OC(=O)CCCCCCCCCCCCCCCCCCC. The second-order valence-electron chi connectivity index (χ2n) is 22.0. The molecule has 79 heavy (non-hydrogen) atoms. The second-order valence-corrected chi connectivity index (χ2v) is 22.0. The minimum atomic E-state index is -0.796. The lowest BCUT2D eigenvalue weighted by atomic mass is 10.0. The number of hydrogen-bond acceptors (Lipinski definition) is 6. The van der Waals surface area contributed by atoms with Crippen molar-refractivity contribution in [3.05, 3.63) is 109 Å². The van der Waals surface area contributed by atoms with Gasteiger partial charge < -0.3 is 14.2 Å². The summed E-state index contributed by atoms with van der Waals surface area (Å²) in [5.41, 5.74) is 0. The fourth-order valence-electron chi connectivity index (χ4n) is 9.35. The van der Waals surface area contributed by atoms with Crippen LogP contribution in [0.4, 0.5) is 0 Å². The number of carbonyl (C=O) groups is 3. The van der Waals surface area contributed by atoms with Gasteiger partial charge in [-0.2, -0.15) is 0 Å². The number of rotatable bonds is 60. The smallest absolute Gasteiger partial charge is 0.306 e. The van der Waals surface area contributed by atoms with Gasteiger partial charge in [0, 0.05) is 19.3 Å². The molecule has 0 aromatic carbocycles. The predicted molar refractivity (Wildman–Crippen MR) is 343 cm³/mol. The highest BCUT2D eigenvalue weighted by Gasteiger charge is 2.19. The zero-order valence-electron chi connectivity index (χ0n) is 51.9. The Kier molecular flexibility index (Phi) is 63.3. The van der Waals surface area contributed by atoms with Gasteiger partial charge in [-0.25, -0.2) is 0 Å². The summed E-state index contributed by atoms with van der Waals surface area (Å²) in [6, 6.07) is 0. The number of esters is 3. The minimum absolute atomic E-state index is 0.0894. The number of carbonyl (C=O) groups excluding carboxylic acids is 3. The molecule has 0 rings (SSSR count). The van der Waals surface area contributed by atoms with E-state index in [2.05, 4.69) is 130 Å². The molecule has 0 spiro atoms. The summed E-state index contributed by atoms with van der Waals surface area (Å²) in [4.78, 5) is 38.3. The van der Waals surface area contributed by atoms with Crippen LogP contribution in [0.2, 0.25) is 0 Å². The van der Waals surface area contributed by atoms with E-state index < -0.39 is 6.10 Å². The standard InChI is InChI=1S/C73H124O6/c1-4-7-10-13-16-19-22-25-28-30-31-32-33-34-35-36-37-38-39-40-41-43-45-48-51-54-57-60-63-66-72(75)78-69-70(68-77-71(74)65-62-59-56-53-50-47-44-27-24-21-18-15-12-9-6-3)79-73(76)67-64-61-58-55-52-49-46-42-29-26-23-20-17-14-11-8-5-2/h7,9-10,12,16,18-19,21,25,27-28,31-32,34-35,44,50,53,70H,4-6,8,11,13-15,17,20,22-24,26,29-30,33,36-43,45-49,51-52,54-69H2,1-3H3/b10-7-,12-9-,19-16-,21-18-,28-25-,32-31-,35-34-,44-27-,53-50-. The quantitative estimate of drug-likeness (QED) is 0.0261. The van der Waals surface area contributed by atoms with Crippen molar-refractivity contribution in [3.63, 3.8) is 0 Å². The first-order valence-electron chi connectivity index (χ1n) is 33.4. The van der Waals surface area contributed by atoms with Crippen LogP contribution in [0.1, 0.15) is 316 Å². The molecule has 0 saturated carbocycles. The van der Waals surface area contributed by atoms with Crippen LogP contribution in [-0.2, 0) is 28.6 Å². The highest BCUT2D eigenvalue weighted by Crippen LogP contribution is 2.17. The van der Waals surface area contributed by atoms with Gasteiger partial charge in [0.15, 0.2) is 6.10 Å². The molecule has 0 N–H and O–H groups in total. The maximum absolute atomic E-state index is 12.9. The van der Waals surface area contributed by atoms with Crippen molar-refractivity contribution >= 4 is 17.9 Å². The van der Waals surface area contributed by atoms with Crippen LogP contribution in [0.3, 0.4) is 0 Å². The zero-order valence-corrected chi connectivity index (χ0v) is 51.9. The summed E-state index contributed by atoms with van der Waals surface area (Å²) in [5, 5.41) is 0. The average Bonchev–Trinajstić information content (AvgIpc) is 3.45. The van der Waals surface area contributed by atoms with Crippen LogP contribution >= 0.6 is 0 Å². The fourth-order valence-corrected chi connectivity index (χ4v) is 9.35. The largest absolute Gasteiger partial charge is 0.462 e. The Bertz CT molecular complexity index is 1590. The van der Waals surface area contributed by atoms with Crippen molar-refractivity contribution in [2.24, 2.45) is 0 Å². The van der Waals surface area contributed by atoms with E-state index in [0.717, 1.165) is 116 Å². The van der Waals surface area contributed by atoms with Crippen molar-refractivity contribution in [2.45, 2.75) is 322 Å². The van der Waals surface area contributed by atoms with Crippen LogP contribution in [-0.4, -0.2) is 37.2 Å². The molecule has 0 heterocycles. The molecule has 6 heteroatoms. The first-order valence-corrected chi connectivity index (χ1v) is 33.4. The van der Waals surface area contributed by atoms with Gasteiger partial charge in [-0.3, -0.25) is 14.4 Å². The van der Waals surface area contributed by atoms with Gasteiger partial charge in [-0.05, 0) is 103 Å². The van der Waals surface area contributed by atoms with E-state index >= 15 is 0 Å². The van der Waals surface area contributed by atoms with Gasteiger partial charge >= 0.3 is 17.9 Å². The van der Waals surface area contributed by atoms with Gasteiger partial charge in [0.1, 0.15) is 13.2 Å². The van der Waals surface area contributed by atoms with Gasteiger partial charge in [-0.1, -0.05) is 304 Å². The van der Waals surface area contributed by atoms with Crippen molar-refractivity contribution in [1.82, 2.24) is 0 Å². The molecular weight excluding hydrogens is 973 g/mol. The van der Waals surface area contributed by atoms with E-state index in [-0.39, 0.29) is 31.1 Å². The molecule has 0 aromatic heterocycles. The average molecular weight is 1100 g/mol. The Morgan fingerprint density at radius 2 is 0.494 bits per heavy atom. The Hall–Kier alpha value is -3.93. The Morgan fingerprint density at radius 1 is 0.266 bits per heavy atom. The summed E-state index contributed by atoms with van der Waals surface area (Å²) in [7, 11) is 0. The Labute approximate surface area is 489 Å². The lowest BCUT2D eigenvalue weighted by Gasteiger charge is -2.18. The van der Waals surface area contributed by atoms with Crippen LogP contribution < -0.4 is 0 Å². The van der Waals surface area contributed by atoms with Crippen molar-refractivity contribution in [2.75, 3.05) is 13.2 Å². The van der Waals surface area contributed by atoms with Gasteiger partial charge in [0.05, 0.1) is 0 Å². The molecule has 6 nitrogen and oxygen atoms in total. The Balaban J connectivity index is 4.30. The summed E-state index contributed by atoms with van der Waals surface area (Å²) < 4.78 is 16.9. The maximum atomic E-state index is 12.9. The molecule has 0 aromatic rings. The van der Waals surface area contributed by atoms with Gasteiger partial charge in [0.25, 0.3) is 0 Å². The predicted octanol–water partition coefficient (Wildman–Crippen LogP) is 23.0. The minimum Gasteiger partial charge on any atom is -0.462 e. The molecular formula is C73H124O6. The molecule has 0 fully saturated rings. The third-order valence-corrected chi connectivity index (χ3v) is 14.3. The Morgan fingerprint density at radius 3 is 0.797 bits per heavy atom. The normalized spacial score (nSPS) is 12.8. The van der Waals surface area contributed by atoms with Crippen LogP contribution in [0.15, 0.2) is 109 Å². The molecule has 0 aliphatic carbocycles. The maximum Gasteiger partial charge on any atom is 0.306 e. The number of unbranched alkanes of at least 4 members (excludes halogenated alkanes) is 31. The molecule has 0 aliphatic rings. The molecule has 0 saturated heterocycles. The second kappa shape index (κ2) is 66.6. The highest BCUT2D eigenvalue weighted by molar-refractivity contribution is 5.71. The molecule has 1 unspecified atom stereocenters. The van der Waals surface area contributed by atoms with E-state index in [1.54, 1.807) is 0 Å². The number of allylic oxidation sites excluding steroid dienone is 18. The van der Waals surface area contributed by atoms with E-state index in [1.807, 2.05) is 0 Å². The van der Waals surface area contributed by atoms with E-state index in [9.17, 15) is 14.4 Å². The molecule has 0 amide bonds. The van der Waals surface area contributed by atoms with E-state index in [4.69, 9.17) is 14.2 Å². The van der Waals surface area contributed by atoms with Crippen LogP contribution in [0, 0.1) is 0 Å². The number of hydrogen-bond donors (Lipinski definition) is 0. The van der Waals surface area contributed by atoms with Crippen molar-refractivity contribution < 1.29 is 28.6 Å². The number of ether oxygens (including phenoxy) is 3. The fraction of sp³-hybridized carbons (Fsp3) is 0.712. The van der Waals surface area contributed by atoms with E-state index in [0.29, 0.717) is 19.3 Å². The van der Waals surface area contributed by atoms with Gasteiger partial charge in [-0.15, -0.1) is 0 Å². The summed E-state index contributed by atoms with van der Waals surface area (Å²) in [6.45, 7) is 6.41. The molecule has 0 bridgehead atoms. The summed E-state index contributed by atoms with van der Waals surface area (Å²) >= 11 is 0. The first-order chi connectivity index (χ1) is 39.0. The third-order valence-electron chi connectivity index (χ3n) is 14.3. The van der Waals surface area contributed by atoms with Crippen molar-refractivity contribution in [1.29, 1.82) is 0 Å². The van der Waals surface area contributed by atoms with E-state index in [1.165, 1.54) is 161 Å². The lowest BCUT2D eigenvalue weighted by molar-refractivity contribution is -0.167. The van der Waals surface area contributed by atoms with Crippen molar-refractivity contribution in [3.8, 4) is 0 Å². The first kappa shape index (κ1) is 75.1. The zero-order chi connectivity index (χ0) is 57.1. The van der Waals surface area contributed by atoms with Crippen LogP contribution in [0.5, 0.6) is 0 Å². The molecule has 0 aliphatic heterocycles. The third kappa shape index (κ3) is 64.8. The lowest BCUT2D eigenvalue weighted by Crippen LogP contribution is -2.30. The molecule has 0 radical (unpaired) electrons. The summed E-state index contributed by atoms with van der Waals surface area (Å²) in [5.74, 6) is -0.921. The highest BCUT2D eigenvalue weighted by atomic mass is 16.6. The summed E-state index contributed by atoms with van der Waals surface area (Å²) in [6.07, 6.45) is 91.1. The van der Waals surface area contributed by atoms with Crippen LogP contribution in [0.25, 0.3) is 0 Å². The molecule has 452 valence electrons. The topological polar surface area (TPSA) is 78.9 Å². The molecule has 1 atom stereocenters.